The van der Waals surface area contributed by atoms with Crippen LogP contribution in [0.25, 0.3) is 0 Å². The summed E-state index contributed by atoms with van der Waals surface area (Å²) in [4.78, 5) is 2.34. The first-order valence-electron chi connectivity index (χ1n) is 7.59. The molecule has 2 saturated heterocycles. The lowest BCUT2D eigenvalue weighted by Crippen LogP contribution is -2.38. The molecule has 110 valence electrons. The summed E-state index contributed by atoms with van der Waals surface area (Å²) >= 11 is 0. The second-order valence-corrected chi connectivity index (χ2v) is 5.78. The minimum absolute atomic E-state index is 0.179. The van der Waals surface area contributed by atoms with Gasteiger partial charge in [0.1, 0.15) is 11.9 Å². The zero-order chi connectivity index (χ0) is 13.8. The number of rotatable bonds is 3. The first-order chi connectivity index (χ1) is 9.81. The average Bonchev–Trinajstić information content (AvgIpc) is 2.49. The van der Waals surface area contributed by atoms with Gasteiger partial charge in [-0.1, -0.05) is 12.1 Å². The third-order valence-electron chi connectivity index (χ3n) is 4.06. The lowest BCUT2D eigenvalue weighted by Gasteiger charge is -2.30. The molecule has 3 rings (SSSR count). The summed E-state index contributed by atoms with van der Waals surface area (Å²) in [5.41, 5.74) is 1.23. The second-order valence-electron chi connectivity index (χ2n) is 5.78. The molecule has 0 radical (unpaired) electrons. The number of likely N-dealkylation sites (N-methyl/N-ethyl adjacent to an activating group) is 1. The van der Waals surface area contributed by atoms with Crippen molar-refractivity contribution in [2.75, 3.05) is 39.8 Å². The van der Waals surface area contributed by atoms with Crippen LogP contribution in [-0.4, -0.2) is 50.8 Å². The van der Waals surface area contributed by atoms with Gasteiger partial charge in [0, 0.05) is 19.6 Å². The Morgan fingerprint density at radius 2 is 2.15 bits per heavy atom. The smallest absolute Gasteiger partial charge is 0.119 e. The molecule has 2 heterocycles. The molecule has 2 aliphatic rings. The van der Waals surface area contributed by atoms with Crippen LogP contribution in [0.4, 0.5) is 0 Å². The first-order valence-corrected chi connectivity index (χ1v) is 7.59. The van der Waals surface area contributed by atoms with Crippen LogP contribution in [0.15, 0.2) is 24.3 Å². The molecule has 0 amide bonds. The van der Waals surface area contributed by atoms with Gasteiger partial charge in [-0.25, -0.2) is 0 Å². The van der Waals surface area contributed by atoms with Gasteiger partial charge in [0.05, 0.1) is 12.7 Å². The van der Waals surface area contributed by atoms with Crippen molar-refractivity contribution in [3.8, 4) is 5.75 Å². The highest BCUT2D eigenvalue weighted by Gasteiger charge is 2.19. The summed E-state index contributed by atoms with van der Waals surface area (Å²) in [5.74, 6) is 0.970. The highest BCUT2D eigenvalue weighted by molar-refractivity contribution is 5.29. The van der Waals surface area contributed by atoms with Crippen LogP contribution in [-0.2, 0) is 4.74 Å². The number of nitrogens with one attached hydrogen (secondary N) is 1. The SMILES string of the molecule is CN1CCCC(Oc2ccc(C3CNCCO3)cc2)C1. The van der Waals surface area contributed by atoms with Gasteiger partial charge >= 0.3 is 0 Å². The fraction of sp³-hybridized carbons (Fsp3) is 0.625. The summed E-state index contributed by atoms with van der Waals surface area (Å²) in [6, 6.07) is 8.39. The Hall–Kier alpha value is -1.10. The molecule has 2 aliphatic heterocycles. The van der Waals surface area contributed by atoms with Gasteiger partial charge in [-0.2, -0.15) is 0 Å². The third kappa shape index (κ3) is 3.51. The molecule has 0 bridgehead atoms. The molecule has 2 fully saturated rings. The molecule has 0 aliphatic carbocycles. The van der Waals surface area contributed by atoms with Gasteiger partial charge in [0.2, 0.25) is 0 Å². The maximum absolute atomic E-state index is 6.07. The summed E-state index contributed by atoms with van der Waals surface area (Å²) in [6.07, 6.45) is 2.88. The van der Waals surface area contributed by atoms with E-state index >= 15 is 0 Å². The number of nitrogens with zero attached hydrogens (tertiary/aromatic N) is 1. The molecule has 1 aromatic carbocycles. The molecule has 0 saturated carbocycles. The maximum atomic E-state index is 6.07. The van der Waals surface area contributed by atoms with E-state index in [1.807, 2.05) is 0 Å². The van der Waals surface area contributed by atoms with Crippen LogP contribution in [0, 0.1) is 0 Å². The highest BCUT2D eigenvalue weighted by atomic mass is 16.5. The molecule has 1 aromatic rings. The molecular weight excluding hydrogens is 252 g/mol. The van der Waals surface area contributed by atoms with Gasteiger partial charge in [0.25, 0.3) is 0 Å². The topological polar surface area (TPSA) is 33.7 Å². The van der Waals surface area contributed by atoms with Crippen molar-refractivity contribution >= 4 is 0 Å². The van der Waals surface area contributed by atoms with Crippen molar-refractivity contribution in [3.63, 3.8) is 0 Å². The minimum atomic E-state index is 0.179. The molecular formula is C16H24N2O2. The van der Waals surface area contributed by atoms with Crippen molar-refractivity contribution in [2.24, 2.45) is 0 Å². The van der Waals surface area contributed by atoms with E-state index in [1.54, 1.807) is 0 Å². The Morgan fingerprint density at radius 3 is 2.85 bits per heavy atom. The van der Waals surface area contributed by atoms with Gasteiger partial charge in [0.15, 0.2) is 0 Å². The van der Waals surface area contributed by atoms with Crippen LogP contribution >= 0.6 is 0 Å². The largest absolute Gasteiger partial charge is 0.489 e. The van der Waals surface area contributed by atoms with E-state index in [9.17, 15) is 0 Å². The average molecular weight is 276 g/mol. The number of benzene rings is 1. The number of piperidine rings is 1. The number of likely N-dealkylation sites (tertiary alicyclic amines) is 1. The monoisotopic (exact) mass is 276 g/mol. The van der Waals surface area contributed by atoms with Crippen molar-refractivity contribution < 1.29 is 9.47 Å². The summed E-state index contributed by atoms with van der Waals surface area (Å²) in [6.45, 7) is 4.85. The summed E-state index contributed by atoms with van der Waals surface area (Å²) in [7, 11) is 2.16. The number of morpholine rings is 1. The van der Waals surface area contributed by atoms with Crippen LogP contribution in [0.2, 0.25) is 0 Å². The standard InChI is InChI=1S/C16H24N2O2/c1-18-9-2-3-15(12-18)20-14-6-4-13(5-7-14)16-11-17-8-10-19-16/h4-7,15-17H,2-3,8-12H2,1H3. The Balaban J connectivity index is 1.58. The van der Waals surface area contributed by atoms with Crippen molar-refractivity contribution in [1.82, 2.24) is 10.2 Å². The Morgan fingerprint density at radius 1 is 1.30 bits per heavy atom. The maximum Gasteiger partial charge on any atom is 0.119 e. The van der Waals surface area contributed by atoms with Gasteiger partial charge < -0.3 is 19.7 Å². The molecule has 0 spiro atoms. The molecule has 1 N–H and O–H groups in total. The fourth-order valence-electron chi connectivity index (χ4n) is 2.95. The van der Waals surface area contributed by atoms with Gasteiger partial charge in [-0.05, 0) is 44.1 Å². The molecule has 2 unspecified atom stereocenters. The quantitative estimate of drug-likeness (QED) is 0.913. The van der Waals surface area contributed by atoms with Crippen molar-refractivity contribution in [2.45, 2.75) is 25.0 Å². The predicted octanol–water partition coefficient (Wildman–Crippen LogP) is 1.82. The lowest BCUT2D eigenvalue weighted by molar-refractivity contribution is 0.0276. The fourth-order valence-corrected chi connectivity index (χ4v) is 2.95. The van der Waals surface area contributed by atoms with E-state index in [0.29, 0.717) is 6.10 Å². The lowest BCUT2D eigenvalue weighted by atomic mass is 10.1. The van der Waals surface area contributed by atoms with E-state index in [0.717, 1.165) is 38.4 Å². The molecule has 20 heavy (non-hydrogen) atoms. The Kier molecular flexibility index (Phi) is 4.55. The van der Waals surface area contributed by atoms with E-state index in [1.165, 1.54) is 18.5 Å². The molecule has 0 aromatic heterocycles. The van der Waals surface area contributed by atoms with E-state index in [-0.39, 0.29) is 6.10 Å². The Bertz CT molecular complexity index is 415. The highest BCUT2D eigenvalue weighted by Crippen LogP contribution is 2.23. The Labute approximate surface area is 121 Å². The van der Waals surface area contributed by atoms with Crippen molar-refractivity contribution in [3.05, 3.63) is 29.8 Å². The zero-order valence-corrected chi connectivity index (χ0v) is 12.2. The van der Waals surface area contributed by atoms with Crippen molar-refractivity contribution in [1.29, 1.82) is 0 Å². The molecule has 4 nitrogen and oxygen atoms in total. The summed E-state index contributed by atoms with van der Waals surface area (Å²) in [5, 5.41) is 3.36. The predicted molar refractivity (Wildman–Crippen MR) is 79.2 cm³/mol. The van der Waals surface area contributed by atoms with Gasteiger partial charge in [-0.3, -0.25) is 0 Å². The number of hydrogen-bond acceptors (Lipinski definition) is 4. The number of ether oxygens (including phenoxy) is 2. The minimum Gasteiger partial charge on any atom is -0.489 e. The van der Waals surface area contributed by atoms with Crippen LogP contribution < -0.4 is 10.1 Å². The first kappa shape index (κ1) is 13.9. The molecule has 2 atom stereocenters. The third-order valence-corrected chi connectivity index (χ3v) is 4.06. The van der Waals surface area contributed by atoms with Gasteiger partial charge in [-0.15, -0.1) is 0 Å². The van der Waals surface area contributed by atoms with Crippen LogP contribution in [0.5, 0.6) is 5.75 Å². The van der Waals surface area contributed by atoms with E-state index < -0.39 is 0 Å². The second kappa shape index (κ2) is 6.57. The normalized spacial score (nSPS) is 28.2. The van der Waals surface area contributed by atoms with E-state index in [4.69, 9.17) is 9.47 Å². The zero-order valence-electron chi connectivity index (χ0n) is 12.2. The van der Waals surface area contributed by atoms with Crippen LogP contribution in [0.1, 0.15) is 24.5 Å². The van der Waals surface area contributed by atoms with Crippen LogP contribution in [0.3, 0.4) is 0 Å². The van der Waals surface area contributed by atoms with E-state index in [2.05, 4.69) is 41.5 Å². The molecule has 4 heteroatoms. The summed E-state index contributed by atoms with van der Waals surface area (Å²) < 4.78 is 11.8. The number of hydrogen-bond donors (Lipinski definition) is 1.